The standard InChI is InChI=1S/C16H14.C15H11Br.C15H12.C14H9Br.2CH5BO2.BHNS/c1-11-13-7-3-5-9-15(13)12(2)16-10-6-4-8-14(11)16;1-10-11-6-2-4-8-13(11)15(16)14-9-5-3-7-12(10)14;1-11-14-8-4-2-6-12(14)10-13-7-3-5-9-15(11)13;15-14-12-7-3-1-5-10(12)9-11-6-2-4-8-13(11)14;2*1-2(3)4;1-2-3/h3-10H,1-2H3;2-9H,1H3;2-10H,1H3;1-9H;2*3-4H,1H3;3H. The molecule has 0 atom stereocenters. The van der Waals surface area contributed by atoms with Gasteiger partial charge in [0.25, 0.3) is 0 Å². The minimum absolute atomic E-state index is 1.17. The summed E-state index contributed by atoms with van der Waals surface area (Å²) in [7, 11) is 2.00. The van der Waals surface area contributed by atoms with Crippen molar-refractivity contribution in [3.63, 3.8) is 0 Å². The molecule has 5 nitrogen and oxygen atoms in total. The maximum atomic E-state index is 7.61. The molecular weight excluding hydrogens is 1050 g/mol. The van der Waals surface area contributed by atoms with Gasteiger partial charge in [-0.05, 0) is 194 Å². The molecule has 12 aromatic carbocycles. The van der Waals surface area contributed by atoms with E-state index in [1.807, 2.05) is 0 Å². The Balaban J connectivity index is 0.000000149. The first-order valence-electron chi connectivity index (χ1n) is 23.8. The Hall–Kier alpha value is -6.14. The first kappa shape index (κ1) is 56.2. The molecule has 0 heterocycles. The van der Waals surface area contributed by atoms with Crippen LogP contribution in [0.2, 0.25) is 13.6 Å². The predicted octanol–water partition coefficient (Wildman–Crippen LogP) is 17.1. The van der Waals surface area contributed by atoms with Gasteiger partial charge in [-0.15, -0.1) is 0 Å². The third-order valence-corrected chi connectivity index (χ3v) is 14.1. The Labute approximate surface area is 452 Å². The van der Waals surface area contributed by atoms with E-state index in [4.69, 9.17) is 20.1 Å². The summed E-state index contributed by atoms with van der Waals surface area (Å²) in [6.45, 7) is 11.4. The third kappa shape index (κ3) is 14.1. The molecule has 0 spiro atoms. The van der Waals surface area contributed by atoms with Gasteiger partial charge >= 0.3 is 39.0 Å². The molecule has 0 aliphatic carbocycles. The number of aryl methyl sites for hydroxylation is 4. The third-order valence-electron chi connectivity index (χ3n) is 12.4. The molecule has 73 heavy (non-hydrogen) atoms. The molecule has 4 N–H and O–H groups in total. The van der Waals surface area contributed by atoms with Gasteiger partial charge in [0, 0.05) is 8.95 Å². The van der Waals surface area contributed by atoms with Gasteiger partial charge in [-0.25, -0.2) is 0 Å². The molecule has 12 rings (SSSR count). The number of benzene rings is 12. The molecule has 12 aromatic rings. The molecule has 0 saturated carbocycles. The second-order valence-corrected chi connectivity index (χ2v) is 19.1. The van der Waals surface area contributed by atoms with Gasteiger partial charge in [0.1, 0.15) is 0 Å². The maximum absolute atomic E-state index is 7.61. The first-order chi connectivity index (χ1) is 35.2. The summed E-state index contributed by atoms with van der Waals surface area (Å²) < 4.78 is 5.08. The van der Waals surface area contributed by atoms with Crippen molar-refractivity contribution < 1.29 is 20.1 Å². The van der Waals surface area contributed by atoms with Gasteiger partial charge in [-0.2, -0.15) is 0 Å². The van der Waals surface area contributed by atoms with Crippen LogP contribution in [0.1, 0.15) is 22.3 Å². The summed E-state index contributed by atoms with van der Waals surface area (Å²) in [4.78, 5) is 0. The number of nitrogens with zero attached hydrogens (tertiary/aromatic N) is 1. The van der Waals surface area contributed by atoms with Crippen LogP contribution in [-0.2, 0) is 0 Å². The average Bonchev–Trinajstić information content (AvgIpc) is 3.40. The first-order valence-corrected chi connectivity index (χ1v) is 25.8. The molecule has 363 valence electrons. The SMILES string of the molecule is Brc1c2ccccc2cc2ccccc12.CB(O)O.CB(O)O.Cc1c2ccccc2c(Br)c2ccccc12.Cc1c2ccccc2c(C)c2ccccc12.Cc1c2ccccc2cc2ccccc12.[B]=NS. The molecule has 0 bridgehead atoms. The van der Waals surface area contributed by atoms with E-state index in [2.05, 4.69) is 291 Å². The molecule has 0 unspecified atom stereocenters. The fraction of sp³-hybridized carbons (Fsp3) is 0.0968. The van der Waals surface area contributed by atoms with E-state index in [1.54, 1.807) is 0 Å². The molecule has 0 aliphatic rings. The van der Waals surface area contributed by atoms with Crippen LogP contribution in [-0.4, -0.2) is 42.0 Å². The zero-order valence-electron chi connectivity index (χ0n) is 41.8. The average molecular weight is 1100 g/mol. The van der Waals surface area contributed by atoms with E-state index in [-0.39, 0.29) is 0 Å². The topological polar surface area (TPSA) is 93.3 Å². The van der Waals surface area contributed by atoms with E-state index in [1.165, 1.54) is 131 Å². The van der Waals surface area contributed by atoms with Crippen LogP contribution < -0.4 is 0 Å². The zero-order valence-corrected chi connectivity index (χ0v) is 45.9. The van der Waals surface area contributed by atoms with Crippen LogP contribution in [0, 0.1) is 27.7 Å². The summed E-state index contributed by atoms with van der Waals surface area (Å²) in [6, 6.07) is 72.8. The summed E-state index contributed by atoms with van der Waals surface area (Å²) in [5.41, 5.74) is 5.51. The van der Waals surface area contributed by atoms with E-state index >= 15 is 0 Å². The van der Waals surface area contributed by atoms with Crippen LogP contribution in [0.4, 0.5) is 0 Å². The van der Waals surface area contributed by atoms with Crippen molar-refractivity contribution >= 4 is 153 Å². The monoisotopic (exact) mass is 1100 g/mol. The van der Waals surface area contributed by atoms with Crippen molar-refractivity contribution in [2.75, 3.05) is 0 Å². The molecule has 1 radical (unpaired) electrons. The molecular formula is C62H57B3Br2NO4S. The number of halogens is 2. The van der Waals surface area contributed by atoms with Crippen LogP contribution in [0.15, 0.2) is 220 Å². The Bertz CT molecular complexity index is 3220. The minimum atomic E-state index is -1.17. The van der Waals surface area contributed by atoms with Crippen molar-refractivity contribution in [3.8, 4) is 0 Å². The van der Waals surface area contributed by atoms with E-state index in [9.17, 15) is 0 Å². The van der Waals surface area contributed by atoms with Crippen LogP contribution >= 0.6 is 44.7 Å². The molecule has 0 saturated heterocycles. The number of fused-ring (bicyclic) bond motifs is 8. The van der Waals surface area contributed by atoms with Crippen molar-refractivity contribution in [1.29, 1.82) is 0 Å². The van der Waals surface area contributed by atoms with Gasteiger partial charge < -0.3 is 20.1 Å². The van der Waals surface area contributed by atoms with Crippen molar-refractivity contribution in [3.05, 3.63) is 237 Å². The van der Waals surface area contributed by atoms with Gasteiger partial charge in [0.15, 0.2) is 0 Å². The van der Waals surface area contributed by atoms with Crippen molar-refractivity contribution in [1.82, 2.24) is 0 Å². The molecule has 0 aromatic heterocycles. The molecule has 0 fully saturated rings. The Morgan fingerprint density at radius 3 is 0.740 bits per heavy atom. The van der Waals surface area contributed by atoms with E-state index < -0.39 is 14.2 Å². The number of rotatable bonds is 0. The summed E-state index contributed by atoms with van der Waals surface area (Å²) in [6.07, 6.45) is 0. The summed E-state index contributed by atoms with van der Waals surface area (Å²) in [5.74, 6) is 0. The summed E-state index contributed by atoms with van der Waals surface area (Å²) in [5, 5.41) is 51.7. The number of thiol groups is 1. The van der Waals surface area contributed by atoms with Crippen LogP contribution in [0.25, 0.3) is 86.2 Å². The molecule has 0 aliphatic heterocycles. The fourth-order valence-corrected chi connectivity index (χ4v) is 10.5. The van der Waals surface area contributed by atoms with Gasteiger partial charge in [0.2, 0.25) is 0 Å². The second kappa shape index (κ2) is 27.2. The second-order valence-electron chi connectivity index (χ2n) is 17.3. The zero-order chi connectivity index (χ0) is 52.6. The van der Waals surface area contributed by atoms with Crippen LogP contribution in [0.3, 0.4) is 0 Å². The van der Waals surface area contributed by atoms with Crippen molar-refractivity contribution in [2.45, 2.75) is 41.3 Å². The predicted molar refractivity (Wildman–Crippen MR) is 329 cm³/mol. The normalized spacial score (nSPS) is 10.3. The molecule has 0 amide bonds. The molecule has 11 heteroatoms. The quantitative estimate of drug-likeness (QED) is 0.0594. The fourth-order valence-electron chi connectivity index (χ4n) is 9.06. The van der Waals surface area contributed by atoms with Gasteiger partial charge in [0.05, 0.1) is 0 Å². The Morgan fingerprint density at radius 1 is 0.329 bits per heavy atom. The van der Waals surface area contributed by atoms with Crippen LogP contribution in [0.5, 0.6) is 0 Å². The summed E-state index contributed by atoms with van der Waals surface area (Å²) >= 11 is 10.6. The Morgan fingerprint density at radius 2 is 0.479 bits per heavy atom. The van der Waals surface area contributed by atoms with E-state index in [0.29, 0.717) is 0 Å². The van der Waals surface area contributed by atoms with Gasteiger partial charge in [-0.1, -0.05) is 194 Å². The number of hydrogen-bond donors (Lipinski definition) is 5. The van der Waals surface area contributed by atoms with Gasteiger partial charge in [-0.3, -0.25) is 0 Å². The Kier molecular flexibility index (Phi) is 21.0. The van der Waals surface area contributed by atoms with Crippen molar-refractivity contribution in [2.24, 2.45) is 4.30 Å². The van der Waals surface area contributed by atoms with E-state index in [0.717, 1.165) is 0 Å². The number of hydrogen-bond acceptors (Lipinski definition) is 6.